The normalized spacial score (nSPS) is 12.5. The SMILES string of the molecule is CC(C)Cn1c(=O)n(C)c(=O)c2c1ncn2C(C)OC(=O)c1ccccc1. The molecule has 2 heterocycles. The second-order valence-electron chi connectivity index (χ2n) is 6.85. The van der Waals surface area contributed by atoms with Crippen LogP contribution in [0.25, 0.3) is 11.2 Å². The Morgan fingerprint density at radius 3 is 2.44 bits per heavy atom. The first-order chi connectivity index (χ1) is 12.8. The van der Waals surface area contributed by atoms with E-state index in [1.165, 1.54) is 22.5 Å². The zero-order valence-electron chi connectivity index (χ0n) is 15.7. The van der Waals surface area contributed by atoms with Gasteiger partial charge in [0.1, 0.15) is 6.33 Å². The lowest BCUT2D eigenvalue weighted by molar-refractivity contribution is 0.0169. The van der Waals surface area contributed by atoms with Crippen molar-refractivity contribution in [3.05, 3.63) is 63.1 Å². The lowest BCUT2D eigenvalue weighted by Crippen LogP contribution is -2.39. The van der Waals surface area contributed by atoms with Crippen molar-refractivity contribution in [2.24, 2.45) is 13.0 Å². The average Bonchev–Trinajstić information content (AvgIpc) is 3.09. The molecule has 0 spiro atoms. The lowest BCUT2D eigenvalue weighted by atomic mass is 10.2. The molecule has 8 heteroatoms. The molecule has 27 heavy (non-hydrogen) atoms. The van der Waals surface area contributed by atoms with Crippen LogP contribution >= 0.6 is 0 Å². The van der Waals surface area contributed by atoms with E-state index in [4.69, 9.17) is 4.74 Å². The maximum Gasteiger partial charge on any atom is 0.340 e. The van der Waals surface area contributed by atoms with Crippen molar-refractivity contribution in [1.82, 2.24) is 18.7 Å². The molecule has 0 amide bonds. The zero-order chi connectivity index (χ0) is 19.7. The predicted octanol–water partition coefficient (Wildman–Crippen LogP) is 1.93. The smallest absolute Gasteiger partial charge is 0.340 e. The van der Waals surface area contributed by atoms with E-state index in [0.29, 0.717) is 17.8 Å². The summed E-state index contributed by atoms with van der Waals surface area (Å²) in [6, 6.07) is 8.60. The molecule has 0 fully saturated rings. The van der Waals surface area contributed by atoms with E-state index in [1.54, 1.807) is 37.3 Å². The molecule has 0 N–H and O–H groups in total. The van der Waals surface area contributed by atoms with Gasteiger partial charge < -0.3 is 4.74 Å². The number of rotatable bonds is 5. The Morgan fingerprint density at radius 1 is 1.15 bits per heavy atom. The van der Waals surface area contributed by atoms with Gasteiger partial charge in [0.15, 0.2) is 17.4 Å². The number of imidazole rings is 1. The summed E-state index contributed by atoms with van der Waals surface area (Å²) in [5, 5.41) is 0. The Labute approximate surface area is 155 Å². The Bertz CT molecular complexity index is 1090. The van der Waals surface area contributed by atoms with Gasteiger partial charge in [-0.15, -0.1) is 0 Å². The number of fused-ring (bicyclic) bond motifs is 1. The Balaban J connectivity index is 2.05. The topological polar surface area (TPSA) is 88.1 Å². The molecule has 1 atom stereocenters. The summed E-state index contributed by atoms with van der Waals surface area (Å²) < 4.78 is 9.49. The largest absolute Gasteiger partial charge is 0.438 e. The van der Waals surface area contributed by atoms with Crippen LogP contribution in [0, 0.1) is 5.92 Å². The zero-order valence-corrected chi connectivity index (χ0v) is 15.7. The predicted molar refractivity (Wildman–Crippen MR) is 101 cm³/mol. The van der Waals surface area contributed by atoms with Crippen LogP contribution in [0.2, 0.25) is 0 Å². The highest BCUT2D eigenvalue weighted by Crippen LogP contribution is 2.17. The molecule has 1 unspecified atom stereocenters. The van der Waals surface area contributed by atoms with Gasteiger partial charge in [0.25, 0.3) is 5.56 Å². The van der Waals surface area contributed by atoms with Gasteiger partial charge in [0.2, 0.25) is 0 Å². The van der Waals surface area contributed by atoms with Crippen molar-refractivity contribution >= 4 is 17.1 Å². The summed E-state index contributed by atoms with van der Waals surface area (Å²) in [4.78, 5) is 41.7. The first kappa shape index (κ1) is 18.6. The molecule has 0 aliphatic heterocycles. The quantitative estimate of drug-likeness (QED) is 0.641. The molecule has 3 rings (SSSR count). The van der Waals surface area contributed by atoms with Gasteiger partial charge in [-0.3, -0.25) is 18.5 Å². The number of carbonyl (C=O) groups excluding carboxylic acids is 1. The van der Waals surface area contributed by atoms with Crippen molar-refractivity contribution in [3.63, 3.8) is 0 Å². The highest BCUT2D eigenvalue weighted by molar-refractivity contribution is 5.89. The van der Waals surface area contributed by atoms with Crippen LogP contribution < -0.4 is 11.2 Å². The molecule has 0 saturated heterocycles. The second kappa shape index (κ2) is 7.22. The van der Waals surface area contributed by atoms with E-state index in [9.17, 15) is 14.4 Å². The second-order valence-corrected chi connectivity index (χ2v) is 6.85. The van der Waals surface area contributed by atoms with Crippen molar-refractivity contribution in [2.75, 3.05) is 0 Å². The van der Waals surface area contributed by atoms with E-state index in [0.717, 1.165) is 4.57 Å². The molecular weight excluding hydrogens is 348 g/mol. The molecule has 142 valence electrons. The highest BCUT2D eigenvalue weighted by Gasteiger charge is 2.21. The number of aromatic nitrogens is 4. The molecule has 2 aromatic heterocycles. The van der Waals surface area contributed by atoms with Crippen molar-refractivity contribution in [2.45, 2.75) is 33.5 Å². The van der Waals surface area contributed by atoms with Crippen LogP contribution in [0.15, 0.2) is 46.2 Å². The summed E-state index contributed by atoms with van der Waals surface area (Å²) in [5.41, 5.74) is 0.0411. The Kier molecular flexibility index (Phi) is 4.98. The molecule has 0 aliphatic carbocycles. The number of ether oxygens (including phenoxy) is 1. The third kappa shape index (κ3) is 3.42. The number of benzene rings is 1. The maximum absolute atomic E-state index is 12.7. The van der Waals surface area contributed by atoms with Gasteiger partial charge in [-0.25, -0.2) is 14.6 Å². The minimum absolute atomic E-state index is 0.196. The molecule has 0 aliphatic rings. The molecular formula is C19H22N4O4. The lowest BCUT2D eigenvalue weighted by Gasteiger charge is -2.16. The first-order valence-electron chi connectivity index (χ1n) is 8.73. The number of hydrogen-bond donors (Lipinski definition) is 0. The highest BCUT2D eigenvalue weighted by atomic mass is 16.6. The Hall–Kier alpha value is -3.16. The van der Waals surface area contributed by atoms with Crippen LogP contribution in [0.4, 0.5) is 0 Å². The van der Waals surface area contributed by atoms with Gasteiger partial charge in [0, 0.05) is 13.6 Å². The van der Waals surface area contributed by atoms with Crippen molar-refractivity contribution in [1.29, 1.82) is 0 Å². The van der Waals surface area contributed by atoms with Gasteiger partial charge >= 0.3 is 11.7 Å². The fraction of sp³-hybridized carbons (Fsp3) is 0.368. The van der Waals surface area contributed by atoms with Crippen molar-refractivity contribution in [3.8, 4) is 0 Å². The van der Waals surface area contributed by atoms with E-state index < -0.39 is 23.4 Å². The summed E-state index contributed by atoms with van der Waals surface area (Å²) in [6.45, 7) is 6.03. The van der Waals surface area contributed by atoms with E-state index >= 15 is 0 Å². The summed E-state index contributed by atoms with van der Waals surface area (Å²) in [5.74, 6) is -0.306. The third-order valence-electron chi connectivity index (χ3n) is 4.28. The molecule has 0 radical (unpaired) electrons. The van der Waals surface area contributed by atoms with E-state index in [1.807, 2.05) is 13.8 Å². The van der Waals surface area contributed by atoms with E-state index in [-0.39, 0.29) is 11.4 Å². The molecule has 0 saturated carbocycles. The van der Waals surface area contributed by atoms with Gasteiger partial charge in [-0.1, -0.05) is 32.0 Å². The average molecular weight is 370 g/mol. The van der Waals surface area contributed by atoms with Gasteiger partial charge in [0.05, 0.1) is 5.56 Å². The summed E-state index contributed by atoms with van der Waals surface area (Å²) >= 11 is 0. The van der Waals surface area contributed by atoms with Crippen LogP contribution in [-0.2, 0) is 18.3 Å². The van der Waals surface area contributed by atoms with Crippen molar-refractivity contribution < 1.29 is 9.53 Å². The van der Waals surface area contributed by atoms with Crippen LogP contribution in [0.5, 0.6) is 0 Å². The molecule has 0 bridgehead atoms. The van der Waals surface area contributed by atoms with Crippen LogP contribution in [-0.4, -0.2) is 24.7 Å². The number of nitrogens with zero attached hydrogens (tertiary/aromatic N) is 4. The third-order valence-corrected chi connectivity index (χ3v) is 4.28. The van der Waals surface area contributed by atoms with Crippen LogP contribution in [0.3, 0.4) is 0 Å². The fourth-order valence-electron chi connectivity index (χ4n) is 2.93. The summed E-state index contributed by atoms with van der Waals surface area (Å²) in [6.07, 6.45) is 0.658. The standard InChI is InChI=1S/C19H22N4O4/c1-12(2)10-22-16-15(17(24)21(4)19(22)26)23(11-20-16)13(3)27-18(25)14-8-6-5-7-9-14/h5-9,11-13H,10H2,1-4H3. The van der Waals surface area contributed by atoms with Gasteiger partial charge in [-0.2, -0.15) is 0 Å². The molecule has 3 aromatic rings. The fourth-order valence-corrected chi connectivity index (χ4v) is 2.93. The summed E-state index contributed by atoms with van der Waals surface area (Å²) in [7, 11) is 1.43. The van der Waals surface area contributed by atoms with Gasteiger partial charge in [-0.05, 0) is 25.0 Å². The maximum atomic E-state index is 12.7. The van der Waals surface area contributed by atoms with Crippen LogP contribution in [0.1, 0.15) is 37.4 Å². The molecule has 1 aromatic carbocycles. The number of carbonyl (C=O) groups is 1. The Morgan fingerprint density at radius 2 is 1.81 bits per heavy atom. The number of esters is 1. The number of hydrogen-bond acceptors (Lipinski definition) is 5. The first-order valence-corrected chi connectivity index (χ1v) is 8.73. The minimum atomic E-state index is -0.764. The molecule has 8 nitrogen and oxygen atoms in total. The van der Waals surface area contributed by atoms with E-state index in [2.05, 4.69) is 4.98 Å². The minimum Gasteiger partial charge on any atom is -0.438 e. The monoisotopic (exact) mass is 370 g/mol.